The van der Waals surface area contributed by atoms with Crippen LogP contribution in [0.15, 0.2) is 65.9 Å². The number of aryl methyl sites for hydroxylation is 1. The standard InChI is InChI=1S/C18H18N6S/c1-13-6-5-7-14(10-13)12-23-17(20-21-22-23)16-11-19-24(18(16)25)15-8-3-2-4-9-15/h2-11,19,21-22H,12H2,1H3. The van der Waals surface area contributed by atoms with Gasteiger partial charge < -0.3 is 0 Å². The van der Waals surface area contributed by atoms with Gasteiger partial charge in [-0.2, -0.15) is 0 Å². The summed E-state index contributed by atoms with van der Waals surface area (Å²) in [6.07, 6.45) is 1.88. The van der Waals surface area contributed by atoms with E-state index in [0.29, 0.717) is 11.2 Å². The van der Waals surface area contributed by atoms with Gasteiger partial charge in [0.15, 0.2) is 5.84 Å². The van der Waals surface area contributed by atoms with Gasteiger partial charge in [-0.1, -0.05) is 60.2 Å². The SMILES string of the molecule is Cc1cccc(CN2NNN=C2c2c[nH]n(-c3ccccc3)c2=S)c1. The number of hydrazone groups is 1. The minimum Gasteiger partial charge on any atom is -0.299 e. The molecule has 0 saturated carbocycles. The maximum atomic E-state index is 5.65. The fraction of sp³-hybridized carbons (Fsp3) is 0.111. The van der Waals surface area contributed by atoms with E-state index in [0.717, 1.165) is 17.1 Å². The number of aromatic amines is 1. The molecule has 2 aromatic carbocycles. The van der Waals surface area contributed by atoms with Gasteiger partial charge in [0, 0.05) is 6.20 Å². The van der Waals surface area contributed by atoms with Crippen LogP contribution in [0.3, 0.4) is 0 Å². The number of amidine groups is 1. The Morgan fingerprint density at radius 2 is 1.92 bits per heavy atom. The van der Waals surface area contributed by atoms with E-state index in [2.05, 4.69) is 52.5 Å². The molecule has 3 aromatic rings. The molecule has 2 heterocycles. The summed E-state index contributed by atoms with van der Waals surface area (Å²) in [7, 11) is 0. The summed E-state index contributed by atoms with van der Waals surface area (Å²) >= 11 is 5.65. The van der Waals surface area contributed by atoms with Crippen LogP contribution >= 0.6 is 12.2 Å². The second kappa shape index (κ2) is 6.54. The van der Waals surface area contributed by atoms with Crippen molar-refractivity contribution in [2.45, 2.75) is 13.5 Å². The van der Waals surface area contributed by atoms with Gasteiger partial charge >= 0.3 is 0 Å². The molecule has 0 aliphatic carbocycles. The minimum absolute atomic E-state index is 0.679. The number of nitrogens with zero attached hydrogens (tertiary/aromatic N) is 3. The average Bonchev–Trinajstić information content (AvgIpc) is 3.22. The average molecular weight is 350 g/mol. The molecule has 1 aliphatic heterocycles. The molecular weight excluding hydrogens is 332 g/mol. The molecule has 0 radical (unpaired) electrons. The van der Waals surface area contributed by atoms with Gasteiger partial charge in [-0.05, 0) is 24.6 Å². The first kappa shape index (κ1) is 15.6. The predicted molar refractivity (Wildman–Crippen MR) is 100 cm³/mol. The third kappa shape index (κ3) is 3.07. The summed E-state index contributed by atoms with van der Waals surface area (Å²) < 4.78 is 2.56. The van der Waals surface area contributed by atoms with E-state index in [4.69, 9.17) is 12.2 Å². The Balaban J connectivity index is 1.63. The van der Waals surface area contributed by atoms with E-state index in [1.165, 1.54) is 11.1 Å². The Bertz CT molecular complexity index is 972. The number of H-pyrrole nitrogens is 1. The van der Waals surface area contributed by atoms with Gasteiger partial charge in [-0.3, -0.25) is 10.1 Å². The predicted octanol–water partition coefficient (Wildman–Crippen LogP) is 3.03. The van der Waals surface area contributed by atoms with Crippen LogP contribution in [-0.2, 0) is 6.54 Å². The smallest absolute Gasteiger partial charge is 0.177 e. The van der Waals surface area contributed by atoms with Crippen LogP contribution in [-0.4, -0.2) is 20.6 Å². The van der Waals surface area contributed by atoms with Crippen LogP contribution in [0.1, 0.15) is 16.7 Å². The van der Waals surface area contributed by atoms with Crippen molar-refractivity contribution in [1.82, 2.24) is 25.9 Å². The lowest BCUT2D eigenvalue weighted by Gasteiger charge is -2.18. The molecule has 0 fully saturated rings. The third-order valence-corrected chi connectivity index (χ3v) is 4.45. The molecule has 1 aromatic heterocycles. The maximum Gasteiger partial charge on any atom is 0.177 e. The molecule has 0 spiro atoms. The Morgan fingerprint density at radius 3 is 2.72 bits per heavy atom. The van der Waals surface area contributed by atoms with Crippen molar-refractivity contribution >= 4 is 18.1 Å². The molecule has 0 bridgehead atoms. The molecule has 1 aliphatic rings. The molecule has 25 heavy (non-hydrogen) atoms. The van der Waals surface area contributed by atoms with Crippen LogP contribution in [0.2, 0.25) is 0 Å². The van der Waals surface area contributed by atoms with Gasteiger partial charge in [-0.15, -0.1) is 10.6 Å². The van der Waals surface area contributed by atoms with Crippen LogP contribution in [0.4, 0.5) is 0 Å². The van der Waals surface area contributed by atoms with Gasteiger partial charge in [0.1, 0.15) is 4.64 Å². The molecule has 0 amide bonds. The van der Waals surface area contributed by atoms with Crippen molar-refractivity contribution in [1.29, 1.82) is 0 Å². The summed E-state index contributed by atoms with van der Waals surface area (Å²) in [5.41, 5.74) is 10.2. The first-order valence-corrected chi connectivity index (χ1v) is 8.41. The zero-order chi connectivity index (χ0) is 17.2. The number of hydrazine groups is 2. The van der Waals surface area contributed by atoms with Crippen molar-refractivity contribution in [3.8, 4) is 5.69 Å². The van der Waals surface area contributed by atoms with Crippen LogP contribution < -0.4 is 11.1 Å². The zero-order valence-electron chi connectivity index (χ0n) is 13.7. The van der Waals surface area contributed by atoms with Gasteiger partial charge in [-0.25, -0.2) is 10.2 Å². The van der Waals surface area contributed by atoms with Crippen LogP contribution in [0.25, 0.3) is 5.69 Å². The number of aromatic nitrogens is 2. The van der Waals surface area contributed by atoms with Gasteiger partial charge in [0.2, 0.25) is 0 Å². The van der Waals surface area contributed by atoms with Crippen LogP contribution in [0.5, 0.6) is 0 Å². The Labute approximate surface area is 150 Å². The van der Waals surface area contributed by atoms with E-state index >= 15 is 0 Å². The number of hydrogen-bond donors (Lipinski definition) is 3. The highest BCUT2D eigenvalue weighted by Gasteiger charge is 2.22. The number of nitrogens with one attached hydrogen (secondary N) is 3. The Morgan fingerprint density at radius 1 is 1.08 bits per heavy atom. The fourth-order valence-corrected chi connectivity index (χ4v) is 3.17. The summed E-state index contributed by atoms with van der Waals surface area (Å²) in [4.78, 5) is 0. The summed E-state index contributed by atoms with van der Waals surface area (Å²) in [6.45, 7) is 2.77. The van der Waals surface area contributed by atoms with Crippen LogP contribution in [0, 0.1) is 11.6 Å². The lowest BCUT2D eigenvalue weighted by Crippen LogP contribution is -2.40. The van der Waals surface area contributed by atoms with E-state index in [1.807, 2.05) is 46.2 Å². The van der Waals surface area contributed by atoms with Crippen molar-refractivity contribution in [3.63, 3.8) is 0 Å². The fourth-order valence-electron chi connectivity index (χ4n) is 2.86. The number of benzene rings is 2. The summed E-state index contributed by atoms with van der Waals surface area (Å²) in [6, 6.07) is 18.4. The molecular formula is C18H18N6S. The molecule has 4 rings (SSSR count). The molecule has 6 nitrogen and oxygen atoms in total. The second-order valence-electron chi connectivity index (χ2n) is 5.90. The van der Waals surface area contributed by atoms with E-state index in [1.54, 1.807) is 0 Å². The van der Waals surface area contributed by atoms with Crippen molar-refractivity contribution in [2.75, 3.05) is 0 Å². The summed E-state index contributed by atoms with van der Waals surface area (Å²) in [5.74, 6) is 0.762. The first-order valence-electron chi connectivity index (χ1n) is 8.00. The number of rotatable bonds is 4. The van der Waals surface area contributed by atoms with E-state index in [9.17, 15) is 0 Å². The lowest BCUT2D eigenvalue weighted by atomic mass is 10.1. The maximum absolute atomic E-state index is 5.65. The van der Waals surface area contributed by atoms with Crippen molar-refractivity contribution < 1.29 is 0 Å². The van der Waals surface area contributed by atoms with E-state index in [-0.39, 0.29) is 0 Å². The monoisotopic (exact) mass is 350 g/mol. The van der Waals surface area contributed by atoms with E-state index < -0.39 is 0 Å². The van der Waals surface area contributed by atoms with Gasteiger partial charge in [0.05, 0.1) is 17.8 Å². The lowest BCUT2D eigenvalue weighted by molar-refractivity contribution is 0.288. The minimum atomic E-state index is 0.679. The molecule has 0 atom stereocenters. The van der Waals surface area contributed by atoms with Crippen molar-refractivity contribution in [2.24, 2.45) is 5.10 Å². The number of para-hydroxylation sites is 1. The highest BCUT2D eigenvalue weighted by atomic mass is 32.1. The van der Waals surface area contributed by atoms with Crippen molar-refractivity contribution in [3.05, 3.63) is 82.1 Å². The molecule has 0 saturated heterocycles. The third-order valence-electron chi connectivity index (χ3n) is 4.05. The highest BCUT2D eigenvalue weighted by Crippen LogP contribution is 2.16. The number of hydrogen-bond acceptors (Lipinski definition) is 5. The Hall–Kier alpha value is -2.90. The highest BCUT2D eigenvalue weighted by molar-refractivity contribution is 7.71. The molecule has 126 valence electrons. The normalized spacial score (nSPS) is 13.6. The molecule has 3 N–H and O–H groups in total. The Kier molecular flexibility index (Phi) is 4.09. The molecule has 0 unspecified atom stereocenters. The largest absolute Gasteiger partial charge is 0.299 e. The zero-order valence-corrected chi connectivity index (χ0v) is 14.5. The molecule has 7 heteroatoms. The quantitative estimate of drug-likeness (QED) is 0.633. The second-order valence-corrected chi connectivity index (χ2v) is 6.28. The summed E-state index contributed by atoms with van der Waals surface area (Å²) in [5, 5.41) is 9.51. The van der Waals surface area contributed by atoms with Gasteiger partial charge in [0.25, 0.3) is 0 Å². The first-order chi connectivity index (χ1) is 12.2. The topological polar surface area (TPSA) is 60.4 Å².